The Hall–Kier alpha value is -3.21. The molecular weight excluding hydrogens is 334 g/mol. The number of fused-ring (bicyclic) bond motifs is 1. The fourth-order valence-electron chi connectivity index (χ4n) is 3.96. The molecule has 0 radical (unpaired) electrons. The maximum absolute atomic E-state index is 4.76. The van der Waals surface area contributed by atoms with Gasteiger partial charge in [0.2, 0.25) is 0 Å². The molecule has 1 aromatic carbocycles. The molecule has 1 aliphatic heterocycles. The Morgan fingerprint density at radius 2 is 1.89 bits per heavy atom. The fourth-order valence-corrected chi connectivity index (χ4v) is 3.96. The van der Waals surface area contributed by atoms with Crippen LogP contribution in [0.2, 0.25) is 0 Å². The van der Waals surface area contributed by atoms with Crippen molar-refractivity contribution in [3.05, 3.63) is 78.2 Å². The van der Waals surface area contributed by atoms with Gasteiger partial charge in [0.1, 0.15) is 5.82 Å². The van der Waals surface area contributed by atoms with Gasteiger partial charge in [-0.05, 0) is 31.0 Å². The second-order valence-corrected chi connectivity index (χ2v) is 7.11. The van der Waals surface area contributed by atoms with Crippen molar-refractivity contribution in [1.82, 2.24) is 19.6 Å². The number of aryl methyl sites for hydroxylation is 1. The summed E-state index contributed by atoms with van der Waals surface area (Å²) in [6.07, 6.45) is 4.83. The minimum atomic E-state index is 0.556. The molecule has 1 aliphatic rings. The molecule has 0 amide bonds. The molecule has 0 bridgehead atoms. The molecule has 27 heavy (non-hydrogen) atoms. The van der Waals surface area contributed by atoms with E-state index in [1.54, 1.807) is 6.20 Å². The number of nitrogens with zero attached hydrogens (tertiary/aromatic N) is 5. The van der Waals surface area contributed by atoms with E-state index in [9.17, 15) is 0 Å². The van der Waals surface area contributed by atoms with Gasteiger partial charge in [-0.25, -0.2) is 4.98 Å². The molecule has 0 spiro atoms. The molecule has 134 valence electrons. The zero-order valence-corrected chi connectivity index (χ0v) is 15.3. The van der Waals surface area contributed by atoms with Crippen LogP contribution < -0.4 is 4.90 Å². The molecule has 1 atom stereocenters. The average Bonchev–Trinajstić information content (AvgIpc) is 3.36. The average molecular weight is 355 g/mol. The predicted octanol–water partition coefficient (Wildman–Crippen LogP) is 4.09. The highest BCUT2D eigenvalue weighted by Crippen LogP contribution is 2.32. The minimum Gasteiger partial charge on any atom is -0.356 e. The van der Waals surface area contributed by atoms with Crippen molar-refractivity contribution in [3.8, 4) is 11.3 Å². The van der Waals surface area contributed by atoms with Crippen LogP contribution in [0.15, 0.2) is 67.0 Å². The number of aromatic nitrogens is 4. The molecule has 5 nitrogen and oxygen atoms in total. The molecule has 0 saturated carbocycles. The monoisotopic (exact) mass is 355 g/mol. The molecule has 1 saturated heterocycles. The van der Waals surface area contributed by atoms with Crippen molar-refractivity contribution >= 4 is 11.5 Å². The van der Waals surface area contributed by atoms with Gasteiger partial charge in [0.15, 0.2) is 5.65 Å². The van der Waals surface area contributed by atoms with Gasteiger partial charge in [-0.3, -0.25) is 4.98 Å². The molecule has 0 aliphatic carbocycles. The van der Waals surface area contributed by atoms with Gasteiger partial charge >= 0.3 is 0 Å². The van der Waals surface area contributed by atoms with E-state index in [1.165, 1.54) is 5.56 Å². The number of rotatable bonds is 3. The van der Waals surface area contributed by atoms with Crippen molar-refractivity contribution in [1.29, 1.82) is 0 Å². The highest BCUT2D eigenvalue weighted by molar-refractivity contribution is 5.76. The van der Waals surface area contributed by atoms with E-state index in [0.29, 0.717) is 5.92 Å². The number of anilines is 1. The van der Waals surface area contributed by atoms with E-state index >= 15 is 0 Å². The van der Waals surface area contributed by atoms with Crippen LogP contribution in [0.5, 0.6) is 0 Å². The first-order chi connectivity index (χ1) is 13.3. The molecule has 0 N–H and O–H groups in total. The molecular formula is C22H21N5. The van der Waals surface area contributed by atoms with Crippen LogP contribution in [-0.2, 0) is 0 Å². The summed E-state index contributed by atoms with van der Waals surface area (Å²) < 4.78 is 1.96. The Bertz CT molecular complexity index is 1070. The van der Waals surface area contributed by atoms with Gasteiger partial charge in [0, 0.05) is 37.0 Å². The summed E-state index contributed by atoms with van der Waals surface area (Å²) in [4.78, 5) is 11.7. The van der Waals surface area contributed by atoms with Gasteiger partial charge in [-0.15, -0.1) is 0 Å². The van der Waals surface area contributed by atoms with Gasteiger partial charge in [-0.2, -0.15) is 9.61 Å². The molecule has 5 rings (SSSR count). The first kappa shape index (κ1) is 16.0. The fraction of sp³-hybridized carbons (Fsp3) is 0.227. The lowest BCUT2D eigenvalue weighted by Crippen LogP contribution is -2.22. The van der Waals surface area contributed by atoms with E-state index in [0.717, 1.165) is 47.9 Å². The third kappa shape index (κ3) is 2.85. The number of pyridine rings is 1. The first-order valence-corrected chi connectivity index (χ1v) is 9.36. The Morgan fingerprint density at radius 1 is 1.04 bits per heavy atom. The van der Waals surface area contributed by atoms with Crippen LogP contribution in [0.3, 0.4) is 0 Å². The van der Waals surface area contributed by atoms with E-state index < -0.39 is 0 Å². The van der Waals surface area contributed by atoms with Crippen LogP contribution in [0.25, 0.3) is 16.9 Å². The van der Waals surface area contributed by atoms with Crippen molar-refractivity contribution in [2.24, 2.45) is 0 Å². The summed E-state index contributed by atoms with van der Waals surface area (Å²) in [6, 6.07) is 18.8. The Morgan fingerprint density at radius 3 is 2.70 bits per heavy atom. The van der Waals surface area contributed by atoms with E-state index in [-0.39, 0.29) is 0 Å². The summed E-state index contributed by atoms with van der Waals surface area (Å²) in [6.45, 7) is 4.07. The highest BCUT2D eigenvalue weighted by Gasteiger charge is 2.26. The van der Waals surface area contributed by atoms with Crippen molar-refractivity contribution in [2.45, 2.75) is 19.3 Å². The lowest BCUT2D eigenvalue weighted by atomic mass is 9.99. The molecule has 1 unspecified atom stereocenters. The maximum atomic E-state index is 4.76. The minimum absolute atomic E-state index is 0.556. The summed E-state index contributed by atoms with van der Waals surface area (Å²) >= 11 is 0. The third-order valence-electron chi connectivity index (χ3n) is 5.31. The van der Waals surface area contributed by atoms with Crippen LogP contribution in [0, 0.1) is 6.92 Å². The van der Waals surface area contributed by atoms with Gasteiger partial charge in [-0.1, -0.05) is 36.4 Å². The topological polar surface area (TPSA) is 46.3 Å². The predicted molar refractivity (Wildman–Crippen MR) is 107 cm³/mol. The second-order valence-electron chi connectivity index (χ2n) is 7.11. The van der Waals surface area contributed by atoms with Crippen molar-refractivity contribution in [2.75, 3.05) is 18.0 Å². The summed E-state index contributed by atoms with van der Waals surface area (Å²) in [5.41, 5.74) is 5.15. The summed E-state index contributed by atoms with van der Waals surface area (Å²) in [7, 11) is 0. The maximum Gasteiger partial charge on any atom is 0.167 e. The summed E-state index contributed by atoms with van der Waals surface area (Å²) in [5.74, 6) is 1.67. The zero-order valence-electron chi connectivity index (χ0n) is 15.3. The van der Waals surface area contributed by atoms with Crippen molar-refractivity contribution < 1.29 is 0 Å². The highest BCUT2D eigenvalue weighted by atomic mass is 15.4. The van der Waals surface area contributed by atoms with Crippen LogP contribution in [0.4, 0.5) is 5.82 Å². The largest absolute Gasteiger partial charge is 0.356 e. The van der Waals surface area contributed by atoms with Gasteiger partial charge in [0.05, 0.1) is 17.5 Å². The number of benzene rings is 1. The molecule has 5 heteroatoms. The Kier molecular flexibility index (Phi) is 3.85. The number of hydrogen-bond donors (Lipinski definition) is 0. The molecule has 1 fully saturated rings. The number of hydrogen-bond acceptors (Lipinski definition) is 4. The van der Waals surface area contributed by atoms with E-state index in [4.69, 9.17) is 4.98 Å². The van der Waals surface area contributed by atoms with E-state index in [2.05, 4.69) is 51.4 Å². The molecule has 3 aromatic heterocycles. The van der Waals surface area contributed by atoms with Crippen LogP contribution in [0.1, 0.15) is 23.6 Å². The normalized spacial score (nSPS) is 16.9. The SMILES string of the molecule is Cc1cc(N2CCC(c3ccccc3)C2)n2ncc(-c3ccccn3)c2n1. The quantitative estimate of drug-likeness (QED) is 0.555. The third-order valence-corrected chi connectivity index (χ3v) is 5.31. The standard InChI is InChI=1S/C22H21N5/c1-16-13-21(26-12-10-18(15-26)17-7-3-2-4-8-17)27-22(25-16)19(14-24-27)20-9-5-6-11-23-20/h2-9,11,13-14,18H,10,12,15H2,1H3. The lowest BCUT2D eigenvalue weighted by molar-refractivity contribution is 0.771. The zero-order chi connectivity index (χ0) is 18.2. The first-order valence-electron chi connectivity index (χ1n) is 9.36. The Balaban J connectivity index is 1.54. The van der Waals surface area contributed by atoms with Gasteiger partial charge < -0.3 is 4.90 Å². The lowest BCUT2D eigenvalue weighted by Gasteiger charge is -2.20. The Labute approximate surface area is 158 Å². The van der Waals surface area contributed by atoms with Gasteiger partial charge in [0.25, 0.3) is 0 Å². The smallest absolute Gasteiger partial charge is 0.167 e. The molecule has 4 aromatic rings. The second kappa shape index (κ2) is 6.50. The van der Waals surface area contributed by atoms with Crippen LogP contribution in [-0.4, -0.2) is 32.7 Å². The summed E-state index contributed by atoms with van der Waals surface area (Å²) in [5, 5.41) is 4.65. The van der Waals surface area contributed by atoms with Crippen molar-refractivity contribution in [3.63, 3.8) is 0 Å². The van der Waals surface area contributed by atoms with E-state index in [1.807, 2.05) is 35.8 Å². The van der Waals surface area contributed by atoms with Crippen LogP contribution >= 0.6 is 0 Å². The molecule has 4 heterocycles.